The third kappa shape index (κ3) is 2.75. The summed E-state index contributed by atoms with van der Waals surface area (Å²) in [6.45, 7) is 0. The van der Waals surface area contributed by atoms with Gasteiger partial charge in [0.2, 0.25) is 0 Å². The number of hydrogen-bond donors (Lipinski definition) is 1. The minimum absolute atomic E-state index is 0.256. The van der Waals surface area contributed by atoms with Crippen molar-refractivity contribution in [2.24, 2.45) is 0 Å². The predicted octanol–water partition coefficient (Wildman–Crippen LogP) is 1.13. The van der Waals surface area contributed by atoms with Crippen LogP contribution < -0.4 is 10.1 Å². The Balaban J connectivity index is 2.09. The Morgan fingerprint density at radius 2 is 2.00 bits per heavy atom. The summed E-state index contributed by atoms with van der Waals surface area (Å²) in [5, 5.41) is 9.73. The molecule has 0 unspecified atom stereocenters. The molecule has 0 radical (unpaired) electrons. The van der Waals surface area contributed by atoms with Gasteiger partial charge in [0, 0.05) is 5.56 Å². The molecule has 1 heterocycles. The molecule has 0 saturated carbocycles. The second kappa shape index (κ2) is 5.02. The molecule has 2 rings (SSSR count). The molecule has 0 aliphatic heterocycles. The summed E-state index contributed by atoms with van der Waals surface area (Å²) in [7, 11) is 1.57. The van der Waals surface area contributed by atoms with Crippen molar-refractivity contribution in [2.75, 3.05) is 12.4 Å². The summed E-state index contributed by atoms with van der Waals surface area (Å²) in [6.07, 6.45) is 2.64. The molecule has 86 valence electrons. The summed E-state index contributed by atoms with van der Waals surface area (Å²) in [5.74, 6) is 0.805. The molecule has 1 N–H and O–H groups in total. The van der Waals surface area contributed by atoms with Gasteiger partial charge in [0.05, 0.1) is 13.3 Å². The van der Waals surface area contributed by atoms with E-state index in [9.17, 15) is 4.79 Å². The van der Waals surface area contributed by atoms with Crippen LogP contribution in [0, 0.1) is 0 Å². The third-order valence-electron chi connectivity index (χ3n) is 2.09. The van der Waals surface area contributed by atoms with Crippen molar-refractivity contribution in [3.63, 3.8) is 0 Å². The molecule has 0 bridgehead atoms. The van der Waals surface area contributed by atoms with Crippen LogP contribution in [-0.2, 0) is 0 Å². The highest BCUT2D eigenvalue weighted by molar-refractivity contribution is 6.03. The normalized spacial score (nSPS) is 9.71. The second-order valence-corrected chi connectivity index (χ2v) is 3.17. The molecule has 0 fully saturated rings. The fourth-order valence-electron chi connectivity index (χ4n) is 1.23. The van der Waals surface area contributed by atoms with Crippen LogP contribution >= 0.6 is 0 Å². The highest BCUT2D eigenvalue weighted by Gasteiger charge is 2.06. The molecule has 2 aromatic rings. The van der Waals surface area contributed by atoms with Gasteiger partial charge in [-0.2, -0.15) is 5.10 Å². The first kappa shape index (κ1) is 11.0. The van der Waals surface area contributed by atoms with Crippen molar-refractivity contribution in [3.05, 3.63) is 42.4 Å². The lowest BCUT2D eigenvalue weighted by Gasteiger charge is -2.04. The molecule has 1 aromatic carbocycles. The first-order valence-electron chi connectivity index (χ1n) is 4.87. The van der Waals surface area contributed by atoms with Gasteiger partial charge in [-0.05, 0) is 24.3 Å². The van der Waals surface area contributed by atoms with Crippen LogP contribution in [0.3, 0.4) is 0 Å². The Hall–Kier alpha value is -2.50. The van der Waals surface area contributed by atoms with Gasteiger partial charge in [-0.25, -0.2) is 4.98 Å². The van der Waals surface area contributed by atoms with E-state index < -0.39 is 0 Å². The van der Waals surface area contributed by atoms with Gasteiger partial charge < -0.3 is 10.1 Å². The van der Waals surface area contributed by atoms with Crippen LogP contribution in [0.5, 0.6) is 5.75 Å². The number of carbonyl (C=O) groups is 1. The SMILES string of the molecule is COc1ccc(C(=O)Nc2cnncn2)cc1. The summed E-state index contributed by atoms with van der Waals surface area (Å²) < 4.78 is 5.00. The van der Waals surface area contributed by atoms with Gasteiger partial charge in [0.15, 0.2) is 5.82 Å². The molecule has 6 nitrogen and oxygen atoms in total. The Morgan fingerprint density at radius 3 is 2.59 bits per heavy atom. The van der Waals surface area contributed by atoms with Gasteiger partial charge in [-0.1, -0.05) is 0 Å². The first-order chi connectivity index (χ1) is 8.29. The number of ether oxygens (including phenoxy) is 1. The lowest BCUT2D eigenvalue weighted by Crippen LogP contribution is -2.13. The minimum atomic E-state index is -0.256. The molecule has 17 heavy (non-hydrogen) atoms. The van der Waals surface area contributed by atoms with Gasteiger partial charge in [-0.15, -0.1) is 5.10 Å². The number of aromatic nitrogens is 3. The van der Waals surface area contributed by atoms with E-state index in [1.54, 1.807) is 31.4 Å². The topological polar surface area (TPSA) is 77.0 Å². The van der Waals surface area contributed by atoms with Crippen molar-refractivity contribution in [1.29, 1.82) is 0 Å². The average molecular weight is 230 g/mol. The molecule has 0 aliphatic carbocycles. The van der Waals surface area contributed by atoms with Crippen molar-refractivity contribution in [3.8, 4) is 5.75 Å². The minimum Gasteiger partial charge on any atom is -0.497 e. The van der Waals surface area contributed by atoms with Crippen LogP contribution in [-0.4, -0.2) is 28.2 Å². The summed E-state index contributed by atoms with van der Waals surface area (Å²) in [5.41, 5.74) is 0.518. The molecule has 6 heteroatoms. The first-order valence-corrected chi connectivity index (χ1v) is 4.87. The van der Waals surface area contributed by atoms with E-state index in [-0.39, 0.29) is 5.91 Å². The van der Waals surface area contributed by atoms with Crippen molar-refractivity contribution < 1.29 is 9.53 Å². The molecule has 0 spiro atoms. The molecule has 1 aromatic heterocycles. The molecule has 0 atom stereocenters. The molecular formula is C11H10N4O2. The van der Waals surface area contributed by atoms with E-state index >= 15 is 0 Å². The van der Waals surface area contributed by atoms with Gasteiger partial charge in [0.25, 0.3) is 5.91 Å². The van der Waals surface area contributed by atoms with Crippen molar-refractivity contribution in [1.82, 2.24) is 15.2 Å². The van der Waals surface area contributed by atoms with Crippen LogP contribution in [0.2, 0.25) is 0 Å². The van der Waals surface area contributed by atoms with E-state index in [1.165, 1.54) is 12.5 Å². The zero-order valence-corrected chi connectivity index (χ0v) is 9.12. The Bertz CT molecular complexity index is 499. The van der Waals surface area contributed by atoms with Crippen LogP contribution in [0.1, 0.15) is 10.4 Å². The van der Waals surface area contributed by atoms with Crippen molar-refractivity contribution >= 4 is 11.7 Å². The Morgan fingerprint density at radius 1 is 1.24 bits per heavy atom. The van der Waals surface area contributed by atoms with E-state index in [4.69, 9.17) is 4.74 Å². The fourth-order valence-corrected chi connectivity index (χ4v) is 1.23. The summed E-state index contributed by atoms with van der Waals surface area (Å²) in [6, 6.07) is 6.77. The van der Waals surface area contributed by atoms with E-state index in [0.717, 1.165) is 0 Å². The largest absolute Gasteiger partial charge is 0.497 e. The van der Waals surface area contributed by atoms with Crippen LogP contribution in [0.25, 0.3) is 0 Å². The number of methoxy groups -OCH3 is 1. The molecule has 0 aliphatic rings. The number of rotatable bonds is 3. The fraction of sp³-hybridized carbons (Fsp3) is 0.0909. The smallest absolute Gasteiger partial charge is 0.256 e. The Kier molecular flexibility index (Phi) is 3.25. The zero-order chi connectivity index (χ0) is 12.1. The average Bonchev–Trinajstić information content (AvgIpc) is 2.40. The van der Waals surface area contributed by atoms with Gasteiger partial charge in [0.1, 0.15) is 12.1 Å². The second-order valence-electron chi connectivity index (χ2n) is 3.17. The van der Waals surface area contributed by atoms with Gasteiger partial charge in [-0.3, -0.25) is 4.79 Å². The van der Waals surface area contributed by atoms with Crippen molar-refractivity contribution in [2.45, 2.75) is 0 Å². The van der Waals surface area contributed by atoms with E-state index in [0.29, 0.717) is 17.1 Å². The zero-order valence-electron chi connectivity index (χ0n) is 9.12. The Labute approximate surface area is 97.7 Å². The monoisotopic (exact) mass is 230 g/mol. The van der Waals surface area contributed by atoms with Crippen LogP contribution in [0.15, 0.2) is 36.8 Å². The number of anilines is 1. The lowest BCUT2D eigenvalue weighted by molar-refractivity contribution is 0.102. The van der Waals surface area contributed by atoms with E-state index in [2.05, 4.69) is 20.5 Å². The number of benzene rings is 1. The summed E-state index contributed by atoms with van der Waals surface area (Å²) >= 11 is 0. The maximum absolute atomic E-state index is 11.8. The number of nitrogens with zero attached hydrogens (tertiary/aromatic N) is 3. The molecular weight excluding hydrogens is 220 g/mol. The maximum Gasteiger partial charge on any atom is 0.256 e. The number of carbonyl (C=O) groups excluding carboxylic acids is 1. The molecule has 1 amide bonds. The summed E-state index contributed by atoms with van der Waals surface area (Å²) in [4.78, 5) is 15.6. The maximum atomic E-state index is 11.8. The predicted molar refractivity (Wildman–Crippen MR) is 60.8 cm³/mol. The van der Waals surface area contributed by atoms with E-state index in [1.807, 2.05) is 0 Å². The van der Waals surface area contributed by atoms with Crippen LogP contribution in [0.4, 0.5) is 5.82 Å². The number of hydrogen-bond acceptors (Lipinski definition) is 5. The number of amides is 1. The standard InChI is InChI=1S/C11H10N4O2/c1-17-9-4-2-8(3-5-9)11(16)15-10-6-13-14-7-12-10/h2-7H,1H3,(H,12,14,15,16). The third-order valence-corrected chi connectivity index (χ3v) is 2.09. The number of nitrogens with one attached hydrogen (secondary N) is 1. The molecule has 0 saturated heterocycles. The highest BCUT2D eigenvalue weighted by Crippen LogP contribution is 2.12. The lowest BCUT2D eigenvalue weighted by atomic mass is 10.2. The van der Waals surface area contributed by atoms with Gasteiger partial charge >= 0.3 is 0 Å². The highest BCUT2D eigenvalue weighted by atomic mass is 16.5. The quantitative estimate of drug-likeness (QED) is 0.855.